The van der Waals surface area contributed by atoms with E-state index in [1.54, 1.807) is 19.3 Å². The van der Waals surface area contributed by atoms with Gasteiger partial charge in [-0.1, -0.05) is 0 Å². The van der Waals surface area contributed by atoms with Gasteiger partial charge >= 0.3 is 0 Å². The van der Waals surface area contributed by atoms with Crippen molar-refractivity contribution in [1.82, 2.24) is 19.7 Å². The lowest BCUT2D eigenvalue weighted by Gasteiger charge is -2.35. The van der Waals surface area contributed by atoms with Crippen LogP contribution in [0, 0.1) is 5.92 Å². The Labute approximate surface area is 190 Å². The maximum atomic E-state index is 12.6. The number of carbonyl (C=O) groups is 2. The van der Waals surface area contributed by atoms with Crippen LogP contribution >= 0.6 is 0 Å². The van der Waals surface area contributed by atoms with Crippen LogP contribution in [0.5, 0.6) is 0 Å². The molecule has 2 amide bonds. The van der Waals surface area contributed by atoms with Crippen LogP contribution in [0.2, 0.25) is 0 Å². The average Bonchev–Trinajstić information content (AvgIpc) is 3.39. The van der Waals surface area contributed by atoms with Gasteiger partial charge in [-0.3, -0.25) is 14.3 Å². The summed E-state index contributed by atoms with van der Waals surface area (Å²) >= 11 is 0. The van der Waals surface area contributed by atoms with Gasteiger partial charge in [-0.05, 0) is 44.7 Å². The Morgan fingerprint density at radius 1 is 1.36 bits per heavy atom. The van der Waals surface area contributed by atoms with E-state index < -0.39 is 11.8 Å². The maximum Gasteiger partial charge on any atom is 0.277 e. The molecule has 1 atom stereocenters. The van der Waals surface area contributed by atoms with Crippen molar-refractivity contribution < 1.29 is 18.7 Å². The highest BCUT2D eigenvalue weighted by Crippen LogP contribution is 2.29. The number of nitrogens with two attached hydrogens (primary N) is 1. The number of pyridine rings is 1. The Hall–Kier alpha value is -3.73. The summed E-state index contributed by atoms with van der Waals surface area (Å²) in [5.41, 5.74) is 6.10. The summed E-state index contributed by atoms with van der Waals surface area (Å²) in [4.78, 5) is 32.7. The number of nitrogens with one attached hydrogen (secondary N) is 2. The van der Waals surface area contributed by atoms with Crippen LogP contribution in [0.25, 0.3) is 11.5 Å². The third kappa shape index (κ3) is 5.37. The van der Waals surface area contributed by atoms with Gasteiger partial charge in [0.2, 0.25) is 5.89 Å². The minimum atomic E-state index is -0.743. The minimum absolute atomic E-state index is 0.0349. The third-order valence-corrected chi connectivity index (χ3v) is 5.43. The van der Waals surface area contributed by atoms with Crippen molar-refractivity contribution >= 4 is 23.3 Å². The first-order valence-electron chi connectivity index (χ1n) is 10.6. The number of ether oxygens (including phenoxy) is 1. The number of hydrogen-bond acceptors (Lipinski definition) is 8. The molecule has 11 nitrogen and oxygen atoms in total. The van der Waals surface area contributed by atoms with E-state index >= 15 is 0 Å². The molecule has 1 fully saturated rings. The quantitative estimate of drug-likeness (QED) is 0.494. The molecule has 4 heterocycles. The van der Waals surface area contributed by atoms with E-state index in [0.29, 0.717) is 17.3 Å². The van der Waals surface area contributed by atoms with Crippen molar-refractivity contribution in [2.75, 3.05) is 23.8 Å². The first-order valence-corrected chi connectivity index (χ1v) is 10.6. The normalized spacial score (nSPS) is 17.5. The molecule has 174 valence electrons. The fourth-order valence-corrected chi connectivity index (χ4v) is 3.90. The summed E-state index contributed by atoms with van der Waals surface area (Å²) in [5, 5.41) is 9.90. The fraction of sp³-hybridized carbons (Fsp3) is 0.409. The van der Waals surface area contributed by atoms with Crippen molar-refractivity contribution in [2.45, 2.75) is 32.3 Å². The van der Waals surface area contributed by atoms with Gasteiger partial charge in [0.1, 0.15) is 12.1 Å². The number of anilines is 2. The summed E-state index contributed by atoms with van der Waals surface area (Å²) < 4.78 is 12.7. The summed E-state index contributed by atoms with van der Waals surface area (Å²) in [6.07, 6.45) is 6.38. The molecule has 1 aliphatic heterocycles. The summed E-state index contributed by atoms with van der Waals surface area (Å²) in [5.74, 6) is 0.179. The van der Waals surface area contributed by atoms with Gasteiger partial charge in [0.25, 0.3) is 11.8 Å². The zero-order chi connectivity index (χ0) is 23.6. The second-order valence-electron chi connectivity index (χ2n) is 8.70. The second-order valence-corrected chi connectivity index (χ2v) is 8.70. The molecule has 1 aliphatic rings. The Bertz CT molecular complexity index is 1170. The Kier molecular flexibility index (Phi) is 6.14. The molecule has 0 spiro atoms. The number of amides is 2. The molecule has 3 aromatic heterocycles. The molecule has 0 radical (unpaired) electrons. The molecule has 1 unspecified atom stereocenters. The zero-order valence-corrected chi connectivity index (χ0v) is 18.8. The predicted molar refractivity (Wildman–Crippen MR) is 121 cm³/mol. The van der Waals surface area contributed by atoms with Crippen LogP contribution in [0.4, 0.5) is 11.5 Å². The molecule has 0 aromatic carbocycles. The highest BCUT2D eigenvalue weighted by atomic mass is 16.5. The number of aryl methyl sites for hydroxylation is 1. The van der Waals surface area contributed by atoms with E-state index in [0.717, 1.165) is 26.0 Å². The highest BCUT2D eigenvalue weighted by molar-refractivity contribution is 6.07. The van der Waals surface area contributed by atoms with Crippen LogP contribution in [0.15, 0.2) is 35.2 Å². The van der Waals surface area contributed by atoms with Crippen molar-refractivity contribution in [2.24, 2.45) is 18.7 Å². The van der Waals surface area contributed by atoms with Gasteiger partial charge in [-0.25, -0.2) is 9.97 Å². The Balaban J connectivity index is 1.42. The molecule has 1 saturated heterocycles. The smallest absolute Gasteiger partial charge is 0.277 e. The van der Waals surface area contributed by atoms with Crippen LogP contribution in [-0.2, 0) is 11.8 Å². The molecule has 0 saturated carbocycles. The minimum Gasteiger partial charge on any atom is -0.444 e. The lowest BCUT2D eigenvalue weighted by atomic mass is 9.88. The maximum absolute atomic E-state index is 12.6. The highest BCUT2D eigenvalue weighted by Gasteiger charge is 2.28. The molecular weight excluding hydrogens is 426 g/mol. The van der Waals surface area contributed by atoms with E-state index in [1.165, 1.54) is 17.1 Å². The second kappa shape index (κ2) is 9.02. The number of rotatable bonds is 7. The van der Waals surface area contributed by atoms with Crippen molar-refractivity contribution in [3.63, 3.8) is 0 Å². The molecule has 11 heteroatoms. The Morgan fingerprint density at radius 3 is 2.94 bits per heavy atom. The molecule has 3 aromatic rings. The number of nitrogens with zero attached hydrogens (tertiary/aromatic N) is 4. The van der Waals surface area contributed by atoms with Gasteiger partial charge in [0.05, 0.1) is 11.3 Å². The SMILES string of the molecule is Cn1cc(NC(=O)c2coc(-c3ccnc(NCC4CCOC(C)(C)C4)c3)n2)c(C(N)=O)n1. The monoisotopic (exact) mass is 453 g/mol. The van der Waals surface area contributed by atoms with Crippen molar-refractivity contribution in [1.29, 1.82) is 0 Å². The standard InChI is InChI=1S/C22H27N7O4/c1-22(2)9-13(5-7-33-22)10-25-17-8-14(4-6-24-17)21-27-16(12-32-21)20(31)26-15-11-29(3)28-18(15)19(23)30/h4,6,8,11-13H,5,7,9-10H2,1-3H3,(H2,23,30)(H,24,25)(H,26,31). The molecule has 0 aliphatic carbocycles. The molecule has 0 bridgehead atoms. The summed E-state index contributed by atoms with van der Waals surface area (Å²) in [6, 6.07) is 3.58. The lowest BCUT2D eigenvalue weighted by Crippen LogP contribution is -2.36. The summed E-state index contributed by atoms with van der Waals surface area (Å²) in [6.45, 7) is 5.76. The van der Waals surface area contributed by atoms with Gasteiger partial charge in [-0.15, -0.1) is 0 Å². The number of aromatic nitrogens is 4. The number of carbonyl (C=O) groups excluding carboxylic acids is 2. The van der Waals surface area contributed by atoms with Gasteiger partial charge in [0, 0.05) is 38.2 Å². The van der Waals surface area contributed by atoms with E-state index in [1.807, 2.05) is 6.07 Å². The third-order valence-electron chi connectivity index (χ3n) is 5.43. The topological polar surface area (TPSA) is 150 Å². The van der Waals surface area contributed by atoms with Gasteiger partial charge in [0.15, 0.2) is 11.4 Å². The molecule has 33 heavy (non-hydrogen) atoms. The van der Waals surface area contributed by atoms with Crippen molar-refractivity contribution in [3.05, 3.63) is 42.2 Å². The summed E-state index contributed by atoms with van der Waals surface area (Å²) in [7, 11) is 1.62. The largest absolute Gasteiger partial charge is 0.444 e. The number of oxazole rings is 1. The van der Waals surface area contributed by atoms with E-state index in [-0.39, 0.29) is 28.6 Å². The van der Waals surface area contributed by atoms with Gasteiger partial charge < -0.3 is 25.5 Å². The number of hydrogen-bond donors (Lipinski definition) is 3. The fourth-order valence-electron chi connectivity index (χ4n) is 3.90. The first kappa shape index (κ1) is 22.5. The van der Waals surface area contributed by atoms with Crippen LogP contribution in [-0.4, -0.2) is 50.3 Å². The average molecular weight is 454 g/mol. The van der Waals surface area contributed by atoms with Crippen LogP contribution < -0.4 is 16.4 Å². The van der Waals surface area contributed by atoms with E-state index in [2.05, 4.69) is 39.5 Å². The van der Waals surface area contributed by atoms with Crippen LogP contribution in [0.1, 0.15) is 47.7 Å². The molecule has 4 N–H and O–H groups in total. The van der Waals surface area contributed by atoms with Crippen LogP contribution in [0.3, 0.4) is 0 Å². The van der Waals surface area contributed by atoms with E-state index in [9.17, 15) is 9.59 Å². The zero-order valence-electron chi connectivity index (χ0n) is 18.8. The van der Waals surface area contributed by atoms with E-state index in [4.69, 9.17) is 14.9 Å². The first-order chi connectivity index (χ1) is 15.7. The number of primary amides is 1. The predicted octanol–water partition coefficient (Wildman–Crippen LogP) is 2.44. The lowest BCUT2D eigenvalue weighted by molar-refractivity contribution is -0.0699. The Morgan fingerprint density at radius 2 is 2.18 bits per heavy atom. The molecular formula is C22H27N7O4. The van der Waals surface area contributed by atoms with Gasteiger partial charge in [-0.2, -0.15) is 5.10 Å². The van der Waals surface area contributed by atoms with Crippen molar-refractivity contribution in [3.8, 4) is 11.5 Å². The molecule has 4 rings (SSSR count).